The Morgan fingerprint density at radius 3 is 2.33 bits per heavy atom. The van der Waals surface area contributed by atoms with Crippen LogP contribution in [0.5, 0.6) is 17.2 Å². The molecule has 0 bridgehead atoms. The third kappa shape index (κ3) is 7.71. The van der Waals surface area contributed by atoms with Crippen LogP contribution in [0.25, 0.3) is 11.1 Å². The van der Waals surface area contributed by atoms with Crippen LogP contribution in [-0.4, -0.2) is 46.2 Å². The molecule has 0 radical (unpaired) electrons. The van der Waals surface area contributed by atoms with Crippen LogP contribution in [0, 0.1) is 27.2 Å². The van der Waals surface area contributed by atoms with Crippen molar-refractivity contribution in [1.82, 2.24) is 0 Å². The molecule has 8 heteroatoms. The van der Waals surface area contributed by atoms with Gasteiger partial charge in [-0.2, -0.15) is 6.07 Å². The van der Waals surface area contributed by atoms with Gasteiger partial charge in [0.15, 0.2) is 0 Å². The van der Waals surface area contributed by atoms with Crippen LogP contribution in [0.3, 0.4) is 0 Å². The molecule has 202 valence electrons. The van der Waals surface area contributed by atoms with Crippen LogP contribution >= 0.6 is 0 Å². The maximum atomic E-state index is 9.57. The Kier molecular flexibility index (Phi) is 10.4. The fourth-order valence-electron chi connectivity index (χ4n) is 4.66. The molecule has 3 aromatic rings. The molecule has 0 unspecified atom stereocenters. The molecule has 1 saturated carbocycles. The summed E-state index contributed by atoms with van der Waals surface area (Å²) in [6, 6.07) is 16.4. The van der Waals surface area contributed by atoms with Crippen molar-refractivity contribution in [3.63, 3.8) is 0 Å². The number of benzene rings is 3. The van der Waals surface area contributed by atoms with Crippen molar-refractivity contribution < 1.29 is 63.9 Å². The van der Waals surface area contributed by atoms with E-state index < -0.39 is 12.1 Å². The first-order chi connectivity index (χ1) is 18.1. The van der Waals surface area contributed by atoms with Crippen LogP contribution in [0.1, 0.15) is 47.6 Å². The summed E-state index contributed by atoms with van der Waals surface area (Å²) in [5.74, 6) is 1.58. The molecule has 0 amide bonds. The van der Waals surface area contributed by atoms with Gasteiger partial charge in [-0.3, -0.25) is 4.79 Å². The van der Waals surface area contributed by atoms with Crippen molar-refractivity contribution in [2.75, 3.05) is 13.2 Å². The summed E-state index contributed by atoms with van der Waals surface area (Å²) < 4.78 is 17.9. The molecule has 1 heterocycles. The van der Waals surface area contributed by atoms with E-state index in [0.29, 0.717) is 12.4 Å². The standard InChI is InChI=1S/C29H31O5.C2H4O2.Na/c1-18-11-25(33-17-23(31)15-30)12-19(2)28(18)26-6-4-5-22(20(26)3)16-32-24-8-7-21-14-29(9-10-29)34-27(21)13-24;1-2(3)4;/h4-8,11-14,23,30-31H,9-10,15-17H2,1-3H3;1H3,(H,3,4);/q-1;;+1/t23-;;/m1../s1. The molecule has 0 saturated heterocycles. The molecular weight excluding hydrogens is 507 g/mol. The van der Waals surface area contributed by atoms with Crippen LogP contribution < -0.4 is 43.8 Å². The number of aryl methyl sites for hydroxylation is 2. The summed E-state index contributed by atoms with van der Waals surface area (Å²) in [6.45, 7) is 7.57. The van der Waals surface area contributed by atoms with Crippen molar-refractivity contribution in [3.8, 4) is 28.4 Å². The molecule has 1 spiro atoms. The number of aliphatic hydroxyl groups is 2. The number of carbonyl (C=O) groups is 1. The molecule has 39 heavy (non-hydrogen) atoms. The number of aliphatic hydroxyl groups excluding tert-OH is 2. The zero-order valence-corrected chi connectivity index (χ0v) is 25.3. The van der Waals surface area contributed by atoms with E-state index in [9.17, 15) is 5.11 Å². The Balaban J connectivity index is 0.000000788. The minimum atomic E-state index is -0.885. The Bertz CT molecular complexity index is 1290. The molecular formula is C31H35NaO7. The molecule has 2 aliphatic rings. The van der Waals surface area contributed by atoms with Gasteiger partial charge in [0.25, 0.3) is 5.97 Å². The average molecular weight is 543 g/mol. The predicted molar refractivity (Wildman–Crippen MR) is 145 cm³/mol. The maximum Gasteiger partial charge on any atom is 1.00 e. The smallest absolute Gasteiger partial charge is 0.552 e. The summed E-state index contributed by atoms with van der Waals surface area (Å²) in [5, 5.41) is 26.0. The Hall–Kier alpha value is -2.68. The zero-order valence-electron chi connectivity index (χ0n) is 23.3. The Morgan fingerprint density at radius 2 is 1.72 bits per heavy atom. The van der Waals surface area contributed by atoms with Gasteiger partial charge in [0.05, 0.1) is 18.0 Å². The summed E-state index contributed by atoms with van der Waals surface area (Å²) in [6.07, 6.45) is 3.54. The van der Waals surface area contributed by atoms with Crippen molar-refractivity contribution in [2.24, 2.45) is 0 Å². The fraction of sp³-hybridized carbons (Fsp3) is 0.355. The monoisotopic (exact) mass is 542 g/mol. The van der Waals surface area contributed by atoms with E-state index >= 15 is 0 Å². The van der Waals surface area contributed by atoms with Crippen LogP contribution in [0.4, 0.5) is 0 Å². The third-order valence-electron chi connectivity index (χ3n) is 6.73. The number of carboxylic acids is 1. The second-order valence-corrected chi connectivity index (χ2v) is 9.99. The van der Waals surface area contributed by atoms with Gasteiger partial charge < -0.3 is 29.5 Å². The zero-order chi connectivity index (χ0) is 27.4. The quantitative estimate of drug-likeness (QED) is 0.296. The second kappa shape index (κ2) is 13.1. The SMILES string of the molecule is CC(=O)O.Cc1cc(OC[C@H](O)CO)cc(C)c1-c1cccc(COc2ccc3c(c2)OC2([CH-]3)CC2)c1C.[Na+]. The number of hydrogen-bond donors (Lipinski definition) is 3. The number of hydrogen-bond acceptors (Lipinski definition) is 6. The summed E-state index contributed by atoms with van der Waals surface area (Å²) in [7, 11) is 0. The van der Waals surface area contributed by atoms with E-state index in [1.165, 1.54) is 16.7 Å². The normalized spacial score (nSPS) is 14.5. The minimum Gasteiger partial charge on any atom is -0.552 e. The van der Waals surface area contributed by atoms with Gasteiger partial charge in [-0.25, -0.2) is 0 Å². The molecule has 0 aromatic heterocycles. The van der Waals surface area contributed by atoms with E-state index in [4.69, 9.17) is 29.2 Å². The molecule has 1 fully saturated rings. The maximum absolute atomic E-state index is 9.57. The summed E-state index contributed by atoms with van der Waals surface area (Å²) >= 11 is 0. The first kappa shape index (κ1) is 30.9. The number of aliphatic carboxylic acids is 1. The number of fused-ring (bicyclic) bond motifs is 1. The molecule has 1 atom stereocenters. The van der Waals surface area contributed by atoms with Crippen LogP contribution in [-0.2, 0) is 11.4 Å². The van der Waals surface area contributed by atoms with Gasteiger partial charge in [-0.05, 0) is 85.2 Å². The molecule has 5 rings (SSSR count). The van der Waals surface area contributed by atoms with E-state index in [1.54, 1.807) is 0 Å². The van der Waals surface area contributed by atoms with Crippen molar-refractivity contribution >= 4 is 5.97 Å². The summed E-state index contributed by atoms with van der Waals surface area (Å²) in [5.41, 5.74) is 7.96. The van der Waals surface area contributed by atoms with Gasteiger partial charge in [0.2, 0.25) is 0 Å². The molecule has 7 nitrogen and oxygen atoms in total. The summed E-state index contributed by atoms with van der Waals surface area (Å²) in [4.78, 5) is 9.00. The topological polar surface area (TPSA) is 105 Å². The number of ether oxygens (including phenoxy) is 3. The predicted octanol–water partition coefficient (Wildman–Crippen LogP) is 2.16. The third-order valence-corrected chi connectivity index (χ3v) is 6.73. The van der Waals surface area contributed by atoms with Gasteiger partial charge in [-0.15, -0.1) is 12.0 Å². The largest absolute Gasteiger partial charge is 1.00 e. The second-order valence-electron chi connectivity index (χ2n) is 9.99. The van der Waals surface area contributed by atoms with Gasteiger partial charge in [0, 0.05) is 12.7 Å². The minimum absolute atomic E-state index is 0. The number of carboxylic acid groups (broad SMARTS) is 1. The molecule has 1 aliphatic heterocycles. The van der Waals surface area contributed by atoms with Gasteiger partial charge >= 0.3 is 29.6 Å². The first-order valence-electron chi connectivity index (χ1n) is 12.7. The average Bonchev–Trinajstić information content (AvgIpc) is 3.51. The van der Waals surface area contributed by atoms with Crippen LogP contribution in [0.15, 0.2) is 48.5 Å². The Labute approximate surface area is 252 Å². The van der Waals surface area contributed by atoms with E-state index in [0.717, 1.165) is 53.5 Å². The molecule has 3 aromatic carbocycles. The molecule has 1 aliphatic carbocycles. The van der Waals surface area contributed by atoms with Crippen molar-refractivity contribution in [1.29, 1.82) is 0 Å². The van der Waals surface area contributed by atoms with Crippen molar-refractivity contribution in [3.05, 3.63) is 82.8 Å². The van der Waals surface area contributed by atoms with Crippen molar-refractivity contribution in [2.45, 2.75) is 58.8 Å². The van der Waals surface area contributed by atoms with E-state index in [2.05, 4.69) is 51.5 Å². The van der Waals surface area contributed by atoms with Crippen LogP contribution in [0.2, 0.25) is 0 Å². The van der Waals surface area contributed by atoms with Gasteiger partial charge in [-0.1, -0.05) is 24.3 Å². The van der Waals surface area contributed by atoms with E-state index in [-0.39, 0.29) is 48.4 Å². The number of rotatable bonds is 8. The molecule has 3 N–H and O–H groups in total. The van der Waals surface area contributed by atoms with Gasteiger partial charge in [0.1, 0.15) is 25.1 Å². The fourth-order valence-corrected chi connectivity index (χ4v) is 4.66. The Morgan fingerprint density at radius 1 is 1.05 bits per heavy atom. The van der Waals surface area contributed by atoms with E-state index in [1.807, 2.05) is 24.3 Å². The first-order valence-corrected chi connectivity index (χ1v) is 12.7.